The highest BCUT2D eigenvalue weighted by Crippen LogP contribution is 2.22. The molecule has 0 radical (unpaired) electrons. The highest BCUT2D eigenvalue weighted by atomic mass is 35.5. The first-order chi connectivity index (χ1) is 8.66. The molecule has 19 heavy (non-hydrogen) atoms. The van der Waals surface area contributed by atoms with Gasteiger partial charge in [0.2, 0.25) is 5.91 Å². The minimum absolute atomic E-state index is 0. The molecular weight excluding hydrogens is 284 g/mol. The zero-order chi connectivity index (χ0) is 13.0. The second-order valence-corrected chi connectivity index (χ2v) is 4.94. The third-order valence-electron chi connectivity index (χ3n) is 2.31. The van der Waals surface area contributed by atoms with Crippen molar-refractivity contribution in [3.05, 3.63) is 35.3 Å². The van der Waals surface area contributed by atoms with E-state index >= 15 is 0 Å². The van der Waals surface area contributed by atoms with Crippen LogP contribution < -0.4 is 11.1 Å². The van der Waals surface area contributed by atoms with Gasteiger partial charge < -0.3 is 11.1 Å². The van der Waals surface area contributed by atoms with Gasteiger partial charge in [-0.25, -0.2) is 0 Å². The fraction of sp³-hybridized carbons (Fsp3) is 0.250. The number of carbonyl (C=O) groups is 1. The first-order valence-electron chi connectivity index (χ1n) is 5.58. The molecule has 1 amide bonds. The molecule has 0 saturated carbocycles. The summed E-state index contributed by atoms with van der Waals surface area (Å²) in [5.41, 5.74) is 6.48. The molecule has 5 nitrogen and oxygen atoms in total. The van der Waals surface area contributed by atoms with Crippen molar-refractivity contribution in [3.8, 4) is 10.6 Å². The van der Waals surface area contributed by atoms with E-state index in [1.165, 1.54) is 11.3 Å². The summed E-state index contributed by atoms with van der Waals surface area (Å²) in [7, 11) is 0. The first kappa shape index (κ1) is 15.6. The minimum Gasteiger partial charge on any atom is -0.348 e. The number of amides is 1. The van der Waals surface area contributed by atoms with Gasteiger partial charge in [-0.05, 0) is 6.92 Å². The molecule has 3 N–H and O–H groups in total. The zero-order valence-corrected chi connectivity index (χ0v) is 12.0. The maximum atomic E-state index is 11.3. The average molecular weight is 299 g/mol. The van der Waals surface area contributed by atoms with Crippen LogP contribution in [0.5, 0.6) is 0 Å². The van der Waals surface area contributed by atoms with Gasteiger partial charge in [-0.2, -0.15) is 0 Å². The number of carbonyl (C=O) groups excluding carboxylic acids is 1. The Morgan fingerprint density at radius 1 is 1.37 bits per heavy atom. The molecule has 102 valence electrons. The number of hydrogen-bond donors (Lipinski definition) is 2. The van der Waals surface area contributed by atoms with Gasteiger partial charge in [0.05, 0.1) is 12.6 Å². The maximum Gasteiger partial charge on any atom is 0.236 e. The van der Waals surface area contributed by atoms with E-state index in [9.17, 15) is 4.79 Å². The Morgan fingerprint density at radius 3 is 2.68 bits per heavy atom. The molecule has 0 spiro atoms. The molecule has 1 heterocycles. The van der Waals surface area contributed by atoms with E-state index in [2.05, 4.69) is 15.5 Å². The first-order valence-corrected chi connectivity index (χ1v) is 6.39. The highest BCUT2D eigenvalue weighted by Gasteiger charge is 2.09. The number of nitrogens with two attached hydrogens (primary N) is 1. The summed E-state index contributed by atoms with van der Waals surface area (Å²) in [6.07, 6.45) is 0. The highest BCUT2D eigenvalue weighted by molar-refractivity contribution is 7.14. The van der Waals surface area contributed by atoms with Crippen molar-refractivity contribution in [1.82, 2.24) is 15.5 Å². The number of hydrogen-bond acceptors (Lipinski definition) is 5. The molecule has 7 heteroatoms. The molecule has 0 aliphatic heterocycles. The number of rotatable bonds is 4. The van der Waals surface area contributed by atoms with E-state index in [-0.39, 0.29) is 18.3 Å². The topological polar surface area (TPSA) is 80.9 Å². The Balaban J connectivity index is 0.00000180. The largest absolute Gasteiger partial charge is 0.348 e. The number of nitrogens with zero attached hydrogens (tertiary/aromatic N) is 2. The lowest BCUT2D eigenvalue weighted by Crippen LogP contribution is -2.37. The molecule has 2 rings (SSSR count). The Hall–Kier alpha value is -1.50. The van der Waals surface area contributed by atoms with Crippen LogP contribution in [0.15, 0.2) is 30.3 Å². The molecule has 0 fully saturated rings. The van der Waals surface area contributed by atoms with Crippen molar-refractivity contribution in [1.29, 1.82) is 0 Å². The smallest absolute Gasteiger partial charge is 0.236 e. The lowest BCUT2D eigenvalue weighted by Gasteiger charge is -2.04. The van der Waals surface area contributed by atoms with Crippen LogP contribution >= 0.6 is 23.7 Å². The Bertz CT molecular complexity index is 530. The van der Waals surface area contributed by atoms with Gasteiger partial charge in [0.25, 0.3) is 0 Å². The molecule has 0 saturated heterocycles. The van der Waals surface area contributed by atoms with Crippen LogP contribution in [0, 0.1) is 0 Å². The van der Waals surface area contributed by atoms with Crippen LogP contribution in [-0.4, -0.2) is 22.1 Å². The van der Waals surface area contributed by atoms with Gasteiger partial charge in [0, 0.05) is 5.56 Å². The van der Waals surface area contributed by atoms with Crippen LogP contribution in [0.25, 0.3) is 10.6 Å². The summed E-state index contributed by atoms with van der Waals surface area (Å²) in [5.74, 6) is -0.188. The van der Waals surface area contributed by atoms with Crippen molar-refractivity contribution >= 4 is 29.7 Å². The fourth-order valence-corrected chi connectivity index (χ4v) is 2.13. The van der Waals surface area contributed by atoms with Crippen LogP contribution in [-0.2, 0) is 11.3 Å². The monoisotopic (exact) mass is 298 g/mol. The van der Waals surface area contributed by atoms with Crippen molar-refractivity contribution in [2.75, 3.05) is 0 Å². The summed E-state index contributed by atoms with van der Waals surface area (Å²) in [4.78, 5) is 11.3. The third-order valence-corrected chi connectivity index (χ3v) is 3.29. The summed E-state index contributed by atoms with van der Waals surface area (Å²) in [6.45, 7) is 2.01. The second-order valence-electron chi connectivity index (χ2n) is 3.87. The predicted molar refractivity (Wildman–Crippen MR) is 78.1 cm³/mol. The van der Waals surface area contributed by atoms with E-state index < -0.39 is 6.04 Å². The van der Waals surface area contributed by atoms with Crippen molar-refractivity contribution in [3.63, 3.8) is 0 Å². The van der Waals surface area contributed by atoms with E-state index in [0.29, 0.717) is 6.54 Å². The molecule has 1 aromatic carbocycles. The van der Waals surface area contributed by atoms with E-state index in [1.807, 2.05) is 30.3 Å². The summed E-state index contributed by atoms with van der Waals surface area (Å²) in [5, 5.41) is 12.5. The Labute approximate surface area is 121 Å². The zero-order valence-electron chi connectivity index (χ0n) is 10.4. The van der Waals surface area contributed by atoms with Crippen LogP contribution in [0.2, 0.25) is 0 Å². The second kappa shape index (κ2) is 7.18. The Kier molecular flexibility index (Phi) is 5.88. The number of aromatic nitrogens is 2. The number of halogens is 1. The third kappa shape index (κ3) is 4.27. The van der Waals surface area contributed by atoms with Crippen LogP contribution in [0.1, 0.15) is 11.9 Å². The number of nitrogens with one attached hydrogen (secondary N) is 1. The molecule has 0 aliphatic carbocycles. The van der Waals surface area contributed by atoms with Gasteiger partial charge >= 0.3 is 0 Å². The molecule has 0 unspecified atom stereocenters. The SMILES string of the molecule is C[C@@H](N)C(=O)NCc1nnc(-c2ccccc2)s1.Cl. The van der Waals surface area contributed by atoms with Crippen molar-refractivity contribution < 1.29 is 4.79 Å². The molecular formula is C12H15ClN4OS. The summed E-state index contributed by atoms with van der Waals surface area (Å²) < 4.78 is 0. The predicted octanol–water partition coefficient (Wildman–Crippen LogP) is 1.59. The normalized spacial score (nSPS) is 11.5. The standard InChI is InChI=1S/C12H14N4OS.ClH/c1-8(13)11(17)14-7-10-15-16-12(18-10)9-5-3-2-4-6-9;/h2-6,8H,7,13H2,1H3,(H,14,17);1H/t8-;/m1./s1. The van der Waals surface area contributed by atoms with Gasteiger partial charge in [0.1, 0.15) is 10.0 Å². The molecule has 1 aromatic heterocycles. The number of benzene rings is 1. The van der Waals surface area contributed by atoms with Gasteiger partial charge in [-0.3, -0.25) is 4.79 Å². The van der Waals surface area contributed by atoms with Crippen LogP contribution in [0.4, 0.5) is 0 Å². The van der Waals surface area contributed by atoms with E-state index in [0.717, 1.165) is 15.6 Å². The molecule has 1 atom stereocenters. The van der Waals surface area contributed by atoms with Crippen molar-refractivity contribution in [2.24, 2.45) is 5.73 Å². The molecule has 2 aromatic rings. The molecule has 0 bridgehead atoms. The van der Waals surface area contributed by atoms with Crippen LogP contribution in [0.3, 0.4) is 0 Å². The maximum absolute atomic E-state index is 11.3. The minimum atomic E-state index is -0.508. The van der Waals surface area contributed by atoms with Gasteiger partial charge in [-0.15, -0.1) is 22.6 Å². The fourth-order valence-electron chi connectivity index (χ4n) is 1.35. The lowest BCUT2D eigenvalue weighted by atomic mass is 10.2. The van der Waals surface area contributed by atoms with Gasteiger partial charge in [0.15, 0.2) is 0 Å². The van der Waals surface area contributed by atoms with E-state index in [1.54, 1.807) is 6.92 Å². The lowest BCUT2D eigenvalue weighted by molar-refractivity contribution is -0.122. The molecule has 0 aliphatic rings. The summed E-state index contributed by atoms with van der Waals surface area (Å²) >= 11 is 1.46. The Morgan fingerprint density at radius 2 is 2.05 bits per heavy atom. The average Bonchev–Trinajstić information content (AvgIpc) is 2.85. The van der Waals surface area contributed by atoms with Crippen molar-refractivity contribution in [2.45, 2.75) is 19.5 Å². The quantitative estimate of drug-likeness (QED) is 0.898. The van der Waals surface area contributed by atoms with Gasteiger partial charge in [-0.1, -0.05) is 41.7 Å². The van der Waals surface area contributed by atoms with E-state index in [4.69, 9.17) is 5.73 Å². The summed E-state index contributed by atoms with van der Waals surface area (Å²) in [6, 6.07) is 9.30.